The quantitative estimate of drug-likeness (QED) is 0.257. The Kier molecular flexibility index (Phi) is 7.91. The zero-order valence-electron chi connectivity index (χ0n) is 19.3. The third kappa shape index (κ3) is 5.53. The topological polar surface area (TPSA) is 58.2 Å². The summed E-state index contributed by atoms with van der Waals surface area (Å²) in [6, 6.07) is 21.3. The summed E-state index contributed by atoms with van der Waals surface area (Å²) in [6.45, 7) is 3.81. The monoisotopic (exact) mass is 556 g/mol. The standard InChI is InChI=1S/C28H20Cl4N2O2/c1-15-13-17(9-11-23(15)33-27(35)25-19(29)5-3-6-20(25)30)18-10-12-24(16(2)14-18)34-28(36)26-21(31)7-4-8-22(26)32/h3-14H,1-2H3,(H,33,35)(H,34,36). The summed E-state index contributed by atoms with van der Waals surface area (Å²) < 4.78 is 0. The zero-order valence-corrected chi connectivity index (χ0v) is 22.3. The zero-order chi connectivity index (χ0) is 26.0. The SMILES string of the molecule is Cc1cc(-c2ccc(NC(=O)c3c(Cl)cccc3Cl)c(C)c2)ccc1NC(=O)c1c(Cl)cccc1Cl. The minimum atomic E-state index is -0.379. The van der Waals surface area contributed by atoms with Crippen molar-refractivity contribution in [3.05, 3.63) is 115 Å². The predicted molar refractivity (Wildman–Crippen MR) is 150 cm³/mol. The van der Waals surface area contributed by atoms with Crippen molar-refractivity contribution in [3.8, 4) is 11.1 Å². The van der Waals surface area contributed by atoms with E-state index in [4.69, 9.17) is 46.4 Å². The molecule has 0 bridgehead atoms. The number of aryl methyl sites for hydroxylation is 2. The maximum Gasteiger partial charge on any atom is 0.258 e. The molecule has 4 rings (SSSR count). The van der Waals surface area contributed by atoms with Crippen molar-refractivity contribution in [2.45, 2.75) is 13.8 Å². The van der Waals surface area contributed by atoms with Crippen LogP contribution in [0, 0.1) is 13.8 Å². The van der Waals surface area contributed by atoms with Crippen LogP contribution in [0.25, 0.3) is 11.1 Å². The molecule has 0 radical (unpaired) electrons. The summed E-state index contributed by atoms with van der Waals surface area (Å²) in [5, 5.41) is 6.90. The second-order valence-electron chi connectivity index (χ2n) is 8.16. The highest BCUT2D eigenvalue weighted by Crippen LogP contribution is 2.31. The summed E-state index contributed by atoms with van der Waals surface area (Å²) in [5.74, 6) is -0.757. The van der Waals surface area contributed by atoms with E-state index in [0.29, 0.717) is 11.4 Å². The molecule has 8 heteroatoms. The van der Waals surface area contributed by atoms with Gasteiger partial charge in [-0.05, 0) is 84.6 Å². The lowest BCUT2D eigenvalue weighted by molar-refractivity contribution is 0.101. The Labute approximate surface area is 229 Å². The fraction of sp³-hybridized carbons (Fsp3) is 0.0714. The molecule has 0 unspecified atom stereocenters. The average molecular weight is 558 g/mol. The van der Waals surface area contributed by atoms with Crippen molar-refractivity contribution < 1.29 is 9.59 Å². The number of hydrogen-bond acceptors (Lipinski definition) is 2. The van der Waals surface area contributed by atoms with Crippen LogP contribution in [0.1, 0.15) is 31.8 Å². The van der Waals surface area contributed by atoms with Crippen LogP contribution in [-0.2, 0) is 0 Å². The van der Waals surface area contributed by atoms with Crippen molar-refractivity contribution in [2.75, 3.05) is 10.6 Å². The van der Waals surface area contributed by atoms with Crippen LogP contribution in [0.3, 0.4) is 0 Å². The number of anilines is 2. The molecule has 0 spiro atoms. The van der Waals surface area contributed by atoms with Crippen LogP contribution in [0.4, 0.5) is 11.4 Å². The first kappa shape index (κ1) is 26.1. The van der Waals surface area contributed by atoms with Crippen LogP contribution in [-0.4, -0.2) is 11.8 Å². The Bertz CT molecular complexity index is 1350. The largest absolute Gasteiger partial charge is 0.322 e. The van der Waals surface area contributed by atoms with Gasteiger partial charge in [-0.3, -0.25) is 9.59 Å². The van der Waals surface area contributed by atoms with Gasteiger partial charge in [-0.25, -0.2) is 0 Å². The highest BCUT2D eigenvalue weighted by atomic mass is 35.5. The molecule has 0 aliphatic rings. The van der Waals surface area contributed by atoms with Crippen molar-refractivity contribution >= 4 is 69.6 Å². The number of hydrogen-bond donors (Lipinski definition) is 2. The number of halogens is 4. The molecule has 4 aromatic carbocycles. The van der Waals surface area contributed by atoms with Crippen molar-refractivity contribution in [1.82, 2.24) is 0 Å². The Hall–Kier alpha value is -3.02. The van der Waals surface area contributed by atoms with Crippen LogP contribution in [0.2, 0.25) is 20.1 Å². The number of nitrogens with one attached hydrogen (secondary N) is 2. The molecule has 0 aliphatic carbocycles. The van der Waals surface area contributed by atoms with Gasteiger partial charge in [0.05, 0.1) is 31.2 Å². The Balaban J connectivity index is 1.53. The van der Waals surface area contributed by atoms with E-state index in [1.54, 1.807) is 36.4 Å². The van der Waals surface area contributed by atoms with E-state index < -0.39 is 0 Å². The van der Waals surface area contributed by atoms with Crippen molar-refractivity contribution in [2.24, 2.45) is 0 Å². The van der Waals surface area contributed by atoms with Crippen molar-refractivity contribution in [1.29, 1.82) is 0 Å². The minimum Gasteiger partial charge on any atom is -0.322 e. The molecule has 4 aromatic rings. The smallest absolute Gasteiger partial charge is 0.258 e. The van der Waals surface area contributed by atoms with Gasteiger partial charge in [0.1, 0.15) is 0 Å². The molecule has 0 aliphatic heterocycles. The van der Waals surface area contributed by atoms with Crippen LogP contribution in [0.5, 0.6) is 0 Å². The Morgan fingerprint density at radius 3 is 1.19 bits per heavy atom. The third-order valence-corrected chi connectivity index (χ3v) is 6.92. The normalized spacial score (nSPS) is 10.7. The minimum absolute atomic E-state index is 0.232. The third-order valence-electron chi connectivity index (χ3n) is 5.66. The average Bonchev–Trinajstić information content (AvgIpc) is 2.81. The van der Waals surface area contributed by atoms with Gasteiger partial charge < -0.3 is 10.6 Å². The second-order valence-corrected chi connectivity index (χ2v) is 9.79. The van der Waals surface area contributed by atoms with Crippen molar-refractivity contribution in [3.63, 3.8) is 0 Å². The lowest BCUT2D eigenvalue weighted by Gasteiger charge is -2.14. The summed E-state index contributed by atoms with van der Waals surface area (Å²) >= 11 is 24.6. The van der Waals surface area contributed by atoms with E-state index in [9.17, 15) is 9.59 Å². The highest BCUT2D eigenvalue weighted by molar-refractivity contribution is 6.41. The molecule has 2 amide bonds. The van der Waals surface area contributed by atoms with E-state index >= 15 is 0 Å². The molecule has 182 valence electrons. The molecular weight excluding hydrogens is 538 g/mol. The summed E-state index contributed by atoms with van der Waals surface area (Å²) in [4.78, 5) is 25.5. The van der Waals surface area contributed by atoms with E-state index in [0.717, 1.165) is 22.3 Å². The number of rotatable bonds is 5. The predicted octanol–water partition coefficient (Wildman–Crippen LogP) is 9.09. The van der Waals surface area contributed by atoms with Crippen LogP contribution >= 0.6 is 46.4 Å². The van der Waals surface area contributed by atoms with Gasteiger partial charge in [0.15, 0.2) is 0 Å². The van der Waals surface area contributed by atoms with Gasteiger partial charge in [0.2, 0.25) is 0 Å². The summed E-state index contributed by atoms with van der Waals surface area (Å²) in [6.07, 6.45) is 0. The van der Waals surface area contributed by atoms with E-state index in [1.807, 2.05) is 50.2 Å². The lowest BCUT2D eigenvalue weighted by Crippen LogP contribution is -2.14. The first-order valence-corrected chi connectivity index (χ1v) is 12.4. The molecular formula is C28H20Cl4N2O2. The fourth-order valence-electron chi connectivity index (χ4n) is 3.77. The van der Waals surface area contributed by atoms with Gasteiger partial charge in [-0.15, -0.1) is 0 Å². The lowest BCUT2D eigenvalue weighted by atomic mass is 9.99. The Morgan fingerprint density at radius 1 is 0.556 bits per heavy atom. The highest BCUT2D eigenvalue weighted by Gasteiger charge is 2.17. The van der Waals surface area contributed by atoms with Gasteiger partial charge in [-0.2, -0.15) is 0 Å². The molecule has 0 fully saturated rings. The molecule has 0 heterocycles. The second kappa shape index (κ2) is 10.9. The molecule has 0 atom stereocenters. The molecule has 2 N–H and O–H groups in total. The fourth-order valence-corrected chi connectivity index (χ4v) is 4.90. The summed E-state index contributed by atoms with van der Waals surface area (Å²) in [7, 11) is 0. The van der Waals surface area contributed by atoms with Crippen LogP contribution < -0.4 is 10.6 Å². The summed E-state index contributed by atoms with van der Waals surface area (Å²) in [5.41, 5.74) is 5.41. The van der Waals surface area contributed by atoms with Gasteiger partial charge in [0, 0.05) is 11.4 Å². The number of amides is 2. The van der Waals surface area contributed by atoms with E-state index in [-0.39, 0.29) is 43.0 Å². The Morgan fingerprint density at radius 2 is 0.889 bits per heavy atom. The molecule has 0 aromatic heterocycles. The number of carbonyl (C=O) groups is 2. The first-order chi connectivity index (χ1) is 17.2. The molecule has 0 saturated carbocycles. The maximum absolute atomic E-state index is 12.7. The van der Waals surface area contributed by atoms with E-state index in [1.165, 1.54) is 0 Å². The van der Waals surface area contributed by atoms with Crippen LogP contribution in [0.15, 0.2) is 72.8 Å². The number of carbonyl (C=O) groups excluding carboxylic acids is 2. The maximum atomic E-state index is 12.7. The number of benzene rings is 4. The molecule has 4 nitrogen and oxygen atoms in total. The van der Waals surface area contributed by atoms with Gasteiger partial charge in [-0.1, -0.05) is 70.7 Å². The first-order valence-electron chi connectivity index (χ1n) is 10.9. The van der Waals surface area contributed by atoms with E-state index in [2.05, 4.69) is 10.6 Å². The van der Waals surface area contributed by atoms with Gasteiger partial charge in [0.25, 0.3) is 11.8 Å². The molecule has 36 heavy (non-hydrogen) atoms. The molecule has 0 saturated heterocycles. The van der Waals surface area contributed by atoms with Gasteiger partial charge >= 0.3 is 0 Å².